The summed E-state index contributed by atoms with van der Waals surface area (Å²) in [5.74, 6) is 1.18. The quantitative estimate of drug-likeness (QED) is 0.615. The topological polar surface area (TPSA) is 94.6 Å². The maximum absolute atomic E-state index is 6.11. The molecule has 0 radical (unpaired) electrons. The highest BCUT2D eigenvalue weighted by Gasteiger charge is 2.20. The molecule has 0 bridgehead atoms. The summed E-state index contributed by atoms with van der Waals surface area (Å²) in [6, 6.07) is 4.69. The number of likely N-dealkylation sites (tertiary alicyclic amines) is 1. The Labute approximate surface area is 200 Å². The van der Waals surface area contributed by atoms with Crippen molar-refractivity contribution in [2.24, 2.45) is 0 Å². The molecular formula is C25H33N7O2. The highest BCUT2D eigenvalue weighted by molar-refractivity contribution is 5.70. The van der Waals surface area contributed by atoms with Crippen LogP contribution in [0.1, 0.15) is 30.0 Å². The molecule has 1 aromatic carbocycles. The Kier molecular flexibility index (Phi) is 6.38. The van der Waals surface area contributed by atoms with Crippen LogP contribution in [0.3, 0.4) is 0 Å². The Balaban J connectivity index is 1.36. The molecule has 34 heavy (non-hydrogen) atoms. The van der Waals surface area contributed by atoms with Crippen molar-refractivity contribution in [3.05, 3.63) is 41.9 Å². The smallest absolute Gasteiger partial charge is 0.263 e. The average Bonchev–Trinajstić information content (AvgIpc) is 3.30. The second kappa shape index (κ2) is 9.60. The molecule has 9 heteroatoms. The molecule has 0 aliphatic carbocycles. The fraction of sp³-hybridized carbons (Fsp3) is 0.480. The zero-order chi connectivity index (χ0) is 23.7. The maximum atomic E-state index is 6.11. The highest BCUT2D eigenvalue weighted by atomic mass is 16.5. The Hall–Kier alpha value is -3.17. The number of nitrogens with zero attached hydrogens (tertiary/aromatic N) is 6. The van der Waals surface area contributed by atoms with Crippen molar-refractivity contribution in [3.8, 4) is 22.9 Å². The van der Waals surface area contributed by atoms with Gasteiger partial charge in [0.25, 0.3) is 5.88 Å². The molecule has 9 nitrogen and oxygen atoms in total. The van der Waals surface area contributed by atoms with Crippen LogP contribution in [-0.4, -0.2) is 71.1 Å². The van der Waals surface area contributed by atoms with Crippen LogP contribution in [0.25, 0.3) is 11.3 Å². The highest BCUT2D eigenvalue weighted by Crippen LogP contribution is 2.33. The van der Waals surface area contributed by atoms with Gasteiger partial charge in [0.1, 0.15) is 0 Å². The van der Waals surface area contributed by atoms with Crippen molar-refractivity contribution in [2.45, 2.75) is 32.7 Å². The summed E-state index contributed by atoms with van der Waals surface area (Å²) in [4.78, 5) is 13.8. The number of nitrogens with two attached hydrogens (primary N) is 1. The molecule has 0 amide bonds. The number of nitrogen functional groups attached to an aromatic ring is 1. The predicted molar refractivity (Wildman–Crippen MR) is 132 cm³/mol. The molecule has 180 valence electrons. The van der Waals surface area contributed by atoms with Crippen LogP contribution in [-0.2, 0) is 4.74 Å². The van der Waals surface area contributed by atoms with Crippen LogP contribution in [0.15, 0.2) is 30.7 Å². The third-order valence-corrected chi connectivity index (χ3v) is 6.74. The van der Waals surface area contributed by atoms with Gasteiger partial charge in [0.2, 0.25) is 0 Å². The van der Waals surface area contributed by atoms with Crippen LogP contribution in [0, 0.1) is 13.8 Å². The maximum Gasteiger partial charge on any atom is 0.263 e. The van der Waals surface area contributed by atoms with E-state index in [1.165, 1.54) is 16.8 Å². The number of hydrogen-bond donors (Lipinski definition) is 1. The summed E-state index contributed by atoms with van der Waals surface area (Å²) in [7, 11) is 2.15. The van der Waals surface area contributed by atoms with Gasteiger partial charge in [-0.05, 0) is 70.1 Å². The number of aromatic nitrogens is 4. The summed E-state index contributed by atoms with van der Waals surface area (Å²) >= 11 is 0. The Morgan fingerprint density at radius 2 is 1.74 bits per heavy atom. The minimum atomic E-state index is 0.258. The monoisotopic (exact) mass is 463 g/mol. The first-order chi connectivity index (χ1) is 16.5. The van der Waals surface area contributed by atoms with Crippen molar-refractivity contribution in [1.82, 2.24) is 24.6 Å². The molecular weight excluding hydrogens is 430 g/mol. The van der Waals surface area contributed by atoms with Crippen molar-refractivity contribution in [3.63, 3.8) is 0 Å². The first kappa shape index (κ1) is 22.6. The second-order valence-electron chi connectivity index (χ2n) is 9.30. The number of anilines is 2. The SMILES string of the molecule is Cc1cc(-c2cnc(N)c(Oc3cnn(C4CCN(C)CC4)c3)n2)cc(C)c1N1CCOCC1. The van der Waals surface area contributed by atoms with Crippen molar-refractivity contribution in [2.75, 3.05) is 57.1 Å². The summed E-state index contributed by atoms with van der Waals surface area (Å²) in [5, 5.41) is 4.52. The van der Waals surface area contributed by atoms with Gasteiger partial charge in [-0.25, -0.2) is 9.97 Å². The zero-order valence-corrected chi connectivity index (χ0v) is 20.2. The van der Waals surface area contributed by atoms with Gasteiger partial charge in [-0.3, -0.25) is 4.68 Å². The van der Waals surface area contributed by atoms with Crippen LogP contribution in [0.4, 0.5) is 11.5 Å². The van der Waals surface area contributed by atoms with Gasteiger partial charge in [0.05, 0.1) is 43.5 Å². The van der Waals surface area contributed by atoms with E-state index in [2.05, 4.69) is 52.9 Å². The molecule has 3 aromatic rings. The van der Waals surface area contributed by atoms with Gasteiger partial charge < -0.3 is 25.0 Å². The van der Waals surface area contributed by atoms with Gasteiger partial charge >= 0.3 is 0 Å². The summed E-state index contributed by atoms with van der Waals surface area (Å²) < 4.78 is 13.5. The van der Waals surface area contributed by atoms with Crippen LogP contribution in [0.2, 0.25) is 0 Å². The molecule has 4 heterocycles. The number of hydrogen-bond acceptors (Lipinski definition) is 8. The van der Waals surface area contributed by atoms with Crippen molar-refractivity contribution < 1.29 is 9.47 Å². The van der Waals surface area contributed by atoms with Crippen molar-refractivity contribution >= 4 is 11.5 Å². The Morgan fingerprint density at radius 1 is 1.03 bits per heavy atom. The molecule has 2 aliphatic rings. The lowest BCUT2D eigenvalue weighted by Crippen LogP contribution is -2.37. The fourth-order valence-corrected chi connectivity index (χ4v) is 4.93. The molecule has 2 fully saturated rings. The Bertz CT molecular complexity index is 1120. The van der Waals surface area contributed by atoms with Gasteiger partial charge in [0.15, 0.2) is 11.6 Å². The number of benzene rings is 1. The molecule has 2 aromatic heterocycles. The predicted octanol–water partition coefficient (Wildman–Crippen LogP) is 3.43. The third kappa shape index (κ3) is 4.71. The van der Waals surface area contributed by atoms with E-state index in [0.29, 0.717) is 17.7 Å². The number of morpholine rings is 1. The number of rotatable bonds is 5. The number of aryl methyl sites for hydroxylation is 2. The zero-order valence-electron chi connectivity index (χ0n) is 20.2. The summed E-state index contributed by atoms with van der Waals surface area (Å²) in [6.07, 6.45) is 7.50. The second-order valence-corrected chi connectivity index (χ2v) is 9.30. The lowest BCUT2D eigenvalue weighted by molar-refractivity contribution is 0.122. The van der Waals surface area contributed by atoms with E-state index in [4.69, 9.17) is 20.2 Å². The summed E-state index contributed by atoms with van der Waals surface area (Å²) in [6.45, 7) is 9.77. The van der Waals surface area contributed by atoms with Crippen LogP contribution < -0.4 is 15.4 Å². The van der Waals surface area contributed by atoms with Crippen LogP contribution >= 0.6 is 0 Å². The molecule has 0 unspecified atom stereocenters. The van der Waals surface area contributed by atoms with E-state index in [1.54, 1.807) is 12.4 Å². The molecule has 2 aliphatic heterocycles. The number of piperidine rings is 1. The minimum Gasteiger partial charge on any atom is -0.433 e. The lowest BCUT2D eigenvalue weighted by Gasteiger charge is -2.31. The largest absolute Gasteiger partial charge is 0.433 e. The molecule has 0 atom stereocenters. The van der Waals surface area contributed by atoms with E-state index in [-0.39, 0.29) is 5.82 Å². The van der Waals surface area contributed by atoms with Gasteiger partial charge in [-0.2, -0.15) is 5.10 Å². The van der Waals surface area contributed by atoms with Gasteiger partial charge in [-0.15, -0.1) is 0 Å². The first-order valence-corrected chi connectivity index (χ1v) is 12.0. The van der Waals surface area contributed by atoms with E-state index < -0.39 is 0 Å². The molecule has 2 saturated heterocycles. The molecule has 0 spiro atoms. The van der Waals surface area contributed by atoms with E-state index in [0.717, 1.165) is 63.5 Å². The fourth-order valence-electron chi connectivity index (χ4n) is 4.93. The Morgan fingerprint density at radius 3 is 2.44 bits per heavy atom. The summed E-state index contributed by atoms with van der Waals surface area (Å²) in [5.41, 5.74) is 11.5. The van der Waals surface area contributed by atoms with Crippen LogP contribution in [0.5, 0.6) is 11.6 Å². The van der Waals surface area contributed by atoms with Gasteiger partial charge in [-0.1, -0.05) is 0 Å². The van der Waals surface area contributed by atoms with E-state index in [1.807, 2.05) is 10.9 Å². The molecule has 2 N–H and O–H groups in total. The van der Waals surface area contributed by atoms with E-state index >= 15 is 0 Å². The molecule has 5 rings (SSSR count). The lowest BCUT2D eigenvalue weighted by atomic mass is 10.0. The standard InChI is InChI=1S/C25H33N7O2/c1-17-12-19(13-18(2)23(17)31-8-10-33-11-9-31)22-15-27-24(26)25(29-22)34-21-14-28-32(16-21)20-4-6-30(3)7-5-20/h12-16,20H,4-11H2,1-3H3,(H2,26,27). The molecule has 0 saturated carbocycles. The average molecular weight is 464 g/mol. The third-order valence-electron chi connectivity index (χ3n) is 6.74. The first-order valence-electron chi connectivity index (χ1n) is 12.0. The normalized spacial score (nSPS) is 17.8. The van der Waals surface area contributed by atoms with Crippen molar-refractivity contribution in [1.29, 1.82) is 0 Å². The minimum absolute atomic E-state index is 0.258. The van der Waals surface area contributed by atoms with Gasteiger partial charge in [0, 0.05) is 24.3 Å². The van der Waals surface area contributed by atoms with E-state index in [9.17, 15) is 0 Å². The number of ether oxygens (including phenoxy) is 2.